The minimum atomic E-state index is -3.33. The number of hydrogen-bond donors (Lipinski definition) is 1. The van der Waals surface area contributed by atoms with Crippen LogP contribution in [0.3, 0.4) is 0 Å². The smallest absolute Gasteiger partial charge is 0.221 e. The Hall–Kier alpha value is -2.18. The molecule has 0 saturated carbocycles. The van der Waals surface area contributed by atoms with Gasteiger partial charge in [-0.05, 0) is 30.9 Å². The highest BCUT2D eigenvalue weighted by Gasteiger charge is 2.17. The molecule has 0 heterocycles. The maximum atomic E-state index is 12.1. The molecule has 0 aromatic heterocycles. The lowest BCUT2D eigenvalue weighted by atomic mass is 10.1. The number of rotatable bonds is 10. The molecule has 0 radical (unpaired) electrons. The summed E-state index contributed by atoms with van der Waals surface area (Å²) in [5, 5.41) is 2.85. The van der Waals surface area contributed by atoms with E-state index >= 15 is 0 Å². The number of sulfonamides is 1. The van der Waals surface area contributed by atoms with Crippen molar-refractivity contribution in [3.63, 3.8) is 0 Å². The van der Waals surface area contributed by atoms with E-state index in [0.717, 1.165) is 18.4 Å². The molecule has 0 aliphatic heterocycles. The number of carbonyl (C=O) groups excluding carboxylic acids is 1. The Bertz CT molecular complexity index is 818. The van der Waals surface area contributed by atoms with Crippen LogP contribution in [0.15, 0.2) is 54.6 Å². The molecule has 0 atom stereocenters. The predicted octanol–water partition coefficient (Wildman–Crippen LogP) is 2.90. The van der Waals surface area contributed by atoms with E-state index in [4.69, 9.17) is 0 Å². The molecule has 2 aromatic rings. The van der Waals surface area contributed by atoms with Crippen molar-refractivity contribution in [3.05, 3.63) is 71.3 Å². The maximum absolute atomic E-state index is 12.1. The highest BCUT2D eigenvalue weighted by Crippen LogP contribution is 2.07. The molecule has 0 aliphatic carbocycles. The van der Waals surface area contributed by atoms with E-state index in [1.165, 1.54) is 21.7 Å². The summed E-state index contributed by atoms with van der Waals surface area (Å²) in [6.45, 7) is 3.08. The van der Waals surface area contributed by atoms with Gasteiger partial charge in [-0.3, -0.25) is 4.79 Å². The Morgan fingerprint density at radius 3 is 2.26 bits per heavy atom. The maximum Gasteiger partial charge on any atom is 0.221 e. The summed E-state index contributed by atoms with van der Waals surface area (Å²) in [7, 11) is -3.33. The number of hydrogen-bond acceptors (Lipinski definition) is 3. The number of amides is 1. The van der Waals surface area contributed by atoms with Gasteiger partial charge in [0, 0.05) is 26.1 Å². The number of nitrogens with one attached hydrogen (secondary N) is 1. The number of aryl methyl sites for hydroxylation is 2. The molecule has 0 spiro atoms. The summed E-state index contributed by atoms with van der Waals surface area (Å²) < 4.78 is 25.4. The molecule has 0 bridgehead atoms. The molecule has 2 aromatic carbocycles. The van der Waals surface area contributed by atoms with Gasteiger partial charge in [-0.1, -0.05) is 60.2 Å². The fraction of sp³-hybridized carbons (Fsp3) is 0.381. The zero-order valence-corrected chi connectivity index (χ0v) is 16.8. The molecular weight excluding hydrogens is 360 g/mol. The summed E-state index contributed by atoms with van der Waals surface area (Å²) in [6.07, 6.45) is 2.89. The van der Waals surface area contributed by atoms with Gasteiger partial charge in [0.05, 0.1) is 6.26 Å². The van der Waals surface area contributed by atoms with Crippen LogP contribution in [-0.2, 0) is 27.8 Å². The molecule has 6 heteroatoms. The molecule has 1 amide bonds. The standard InChI is InChI=1S/C21H28N2O3S/c1-18-10-12-20(13-11-18)17-22-21(24)14-16-23(27(2,25)26)15-6-9-19-7-4-3-5-8-19/h3-5,7-8,10-13H,6,9,14-17H2,1-2H3,(H,22,24). The lowest BCUT2D eigenvalue weighted by Crippen LogP contribution is -2.35. The molecule has 0 aliphatic rings. The zero-order chi connectivity index (χ0) is 19.7. The zero-order valence-electron chi connectivity index (χ0n) is 16.0. The van der Waals surface area contributed by atoms with Gasteiger partial charge in [-0.2, -0.15) is 0 Å². The van der Waals surface area contributed by atoms with Crippen molar-refractivity contribution < 1.29 is 13.2 Å². The van der Waals surface area contributed by atoms with Gasteiger partial charge in [-0.15, -0.1) is 0 Å². The van der Waals surface area contributed by atoms with Crippen LogP contribution in [0, 0.1) is 6.92 Å². The van der Waals surface area contributed by atoms with Crippen LogP contribution >= 0.6 is 0 Å². The SMILES string of the molecule is Cc1ccc(CNC(=O)CCN(CCCc2ccccc2)S(C)(=O)=O)cc1. The molecule has 0 unspecified atom stereocenters. The average Bonchev–Trinajstić information content (AvgIpc) is 2.64. The lowest BCUT2D eigenvalue weighted by molar-refractivity contribution is -0.121. The van der Waals surface area contributed by atoms with Gasteiger partial charge in [0.15, 0.2) is 0 Å². The van der Waals surface area contributed by atoms with Crippen LogP contribution in [0.1, 0.15) is 29.5 Å². The van der Waals surface area contributed by atoms with Crippen molar-refractivity contribution in [1.82, 2.24) is 9.62 Å². The van der Waals surface area contributed by atoms with Crippen molar-refractivity contribution in [1.29, 1.82) is 0 Å². The number of nitrogens with zero attached hydrogens (tertiary/aromatic N) is 1. The van der Waals surface area contributed by atoms with E-state index in [9.17, 15) is 13.2 Å². The summed E-state index contributed by atoms with van der Waals surface area (Å²) in [6, 6.07) is 17.9. The molecule has 2 rings (SSSR count). The third kappa shape index (κ3) is 7.93. The van der Waals surface area contributed by atoms with E-state index in [1.54, 1.807) is 0 Å². The Morgan fingerprint density at radius 2 is 1.63 bits per heavy atom. The fourth-order valence-electron chi connectivity index (χ4n) is 2.77. The second-order valence-electron chi connectivity index (χ2n) is 6.76. The van der Waals surface area contributed by atoms with Gasteiger partial charge < -0.3 is 5.32 Å². The summed E-state index contributed by atoms with van der Waals surface area (Å²) in [4.78, 5) is 12.1. The van der Waals surface area contributed by atoms with Crippen molar-refractivity contribution in [3.8, 4) is 0 Å². The van der Waals surface area contributed by atoms with Gasteiger partial charge >= 0.3 is 0 Å². The van der Waals surface area contributed by atoms with E-state index < -0.39 is 10.0 Å². The molecule has 1 N–H and O–H groups in total. The van der Waals surface area contributed by atoms with Gasteiger partial charge in [-0.25, -0.2) is 12.7 Å². The first-order valence-electron chi connectivity index (χ1n) is 9.16. The highest BCUT2D eigenvalue weighted by molar-refractivity contribution is 7.88. The minimum Gasteiger partial charge on any atom is -0.352 e. The van der Waals surface area contributed by atoms with Crippen molar-refractivity contribution in [2.24, 2.45) is 0 Å². The van der Waals surface area contributed by atoms with Gasteiger partial charge in [0.25, 0.3) is 0 Å². The topological polar surface area (TPSA) is 66.5 Å². The lowest BCUT2D eigenvalue weighted by Gasteiger charge is -2.19. The number of benzene rings is 2. The largest absolute Gasteiger partial charge is 0.352 e. The normalized spacial score (nSPS) is 11.5. The third-order valence-corrected chi connectivity index (χ3v) is 5.69. The quantitative estimate of drug-likeness (QED) is 0.681. The Kier molecular flexibility index (Phi) is 8.00. The summed E-state index contributed by atoms with van der Waals surface area (Å²) in [5.41, 5.74) is 3.38. The minimum absolute atomic E-state index is 0.146. The Labute approximate surface area is 162 Å². The molecule has 0 fully saturated rings. The first-order valence-corrected chi connectivity index (χ1v) is 11.0. The first kappa shape index (κ1) is 21.1. The predicted molar refractivity (Wildman–Crippen MR) is 109 cm³/mol. The average molecular weight is 389 g/mol. The molecule has 0 saturated heterocycles. The van der Waals surface area contributed by atoms with Crippen LogP contribution in [0.4, 0.5) is 0 Å². The van der Waals surface area contributed by atoms with Crippen LogP contribution < -0.4 is 5.32 Å². The van der Waals surface area contributed by atoms with E-state index in [-0.39, 0.29) is 18.9 Å². The van der Waals surface area contributed by atoms with Crippen molar-refractivity contribution in [2.45, 2.75) is 32.7 Å². The van der Waals surface area contributed by atoms with Crippen LogP contribution in [0.25, 0.3) is 0 Å². The highest BCUT2D eigenvalue weighted by atomic mass is 32.2. The molecule has 27 heavy (non-hydrogen) atoms. The first-order chi connectivity index (χ1) is 12.8. The molecular formula is C21H28N2O3S. The molecule has 5 nitrogen and oxygen atoms in total. The van der Waals surface area contributed by atoms with Crippen molar-refractivity contribution >= 4 is 15.9 Å². The second kappa shape index (κ2) is 10.2. The summed E-state index contributed by atoms with van der Waals surface area (Å²) >= 11 is 0. The van der Waals surface area contributed by atoms with E-state index in [0.29, 0.717) is 13.1 Å². The van der Waals surface area contributed by atoms with E-state index in [1.807, 2.05) is 61.5 Å². The molecule has 146 valence electrons. The number of carbonyl (C=O) groups is 1. The monoisotopic (exact) mass is 388 g/mol. The second-order valence-corrected chi connectivity index (χ2v) is 8.75. The Balaban J connectivity index is 1.77. The van der Waals surface area contributed by atoms with Gasteiger partial charge in [0.1, 0.15) is 0 Å². The van der Waals surface area contributed by atoms with Crippen molar-refractivity contribution in [2.75, 3.05) is 19.3 Å². The van der Waals surface area contributed by atoms with E-state index in [2.05, 4.69) is 5.32 Å². The van der Waals surface area contributed by atoms with Crippen LogP contribution in [-0.4, -0.2) is 38.0 Å². The fourth-order valence-corrected chi connectivity index (χ4v) is 3.65. The third-order valence-electron chi connectivity index (χ3n) is 4.38. The Morgan fingerprint density at radius 1 is 0.963 bits per heavy atom. The summed E-state index contributed by atoms with van der Waals surface area (Å²) in [5.74, 6) is -0.146. The van der Waals surface area contributed by atoms with Crippen LogP contribution in [0.2, 0.25) is 0 Å². The van der Waals surface area contributed by atoms with Gasteiger partial charge in [0.2, 0.25) is 15.9 Å². The van der Waals surface area contributed by atoms with Crippen LogP contribution in [0.5, 0.6) is 0 Å².